The molecule has 0 aliphatic carbocycles. The van der Waals surface area contributed by atoms with Crippen molar-refractivity contribution in [2.45, 2.75) is 25.3 Å². The minimum absolute atomic E-state index is 0.222. The molecule has 0 saturated carbocycles. The first-order valence-corrected chi connectivity index (χ1v) is 7.22. The number of nitrogens with one attached hydrogen (secondary N) is 2. The minimum atomic E-state index is -0.962. The molecule has 21 heavy (non-hydrogen) atoms. The summed E-state index contributed by atoms with van der Waals surface area (Å²) in [6.45, 7) is 2.22. The highest BCUT2D eigenvalue weighted by Crippen LogP contribution is 2.14. The van der Waals surface area contributed by atoms with Crippen LogP contribution in [0.1, 0.15) is 19.3 Å². The second kappa shape index (κ2) is 7.47. The molecular weight excluding hydrogens is 276 g/mol. The Balaban J connectivity index is 1.86. The van der Waals surface area contributed by atoms with Crippen LogP contribution in [0.4, 0.5) is 14.5 Å². The zero-order valence-corrected chi connectivity index (χ0v) is 12.2. The monoisotopic (exact) mass is 297 g/mol. The van der Waals surface area contributed by atoms with E-state index >= 15 is 0 Å². The fraction of sp³-hybridized carbons (Fsp3) is 0.533. The molecule has 1 saturated heterocycles. The number of halogens is 2. The lowest BCUT2D eigenvalue weighted by Gasteiger charge is -2.26. The van der Waals surface area contributed by atoms with Crippen molar-refractivity contribution in [1.82, 2.24) is 10.2 Å². The first-order chi connectivity index (χ1) is 10.1. The molecule has 1 unspecified atom stereocenters. The number of rotatable bonds is 4. The predicted molar refractivity (Wildman–Crippen MR) is 78.1 cm³/mol. The van der Waals surface area contributed by atoms with Crippen molar-refractivity contribution in [2.24, 2.45) is 0 Å². The molecule has 6 heteroatoms. The number of likely N-dealkylation sites (N-methyl/N-ethyl adjacent to an activating group) is 1. The van der Waals surface area contributed by atoms with E-state index in [0.29, 0.717) is 6.04 Å². The lowest BCUT2D eigenvalue weighted by molar-refractivity contribution is -0.117. The number of hydrogen-bond donors (Lipinski definition) is 2. The molecule has 0 aromatic heterocycles. The van der Waals surface area contributed by atoms with Gasteiger partial charge in [0.15, 0.2) is 11.6 Å². The molecule has 1 fully saturated rings. The summed E-state index contributed by atoms with van der Waals surface area (Å²) in [6, 6.07) is 3.72. The summed E-state index contributed by atoms with van der Waals surface area (Å²) in [5.41, 5.74) is 0.273. The molecule has 0 bridgehead atoms. The van der Waals surface area contributed by atoms with Crippen LogP contribution in [-0.2, 0) is 4.79 Å². The van der Waals surface area contributed by atoms with Crippen molar-refractivity contribution < 1.29 is 13.6 Å². The zero-order valence-electron chi connectivity index (χ0n) is 12.2. The van der Waals surface area contributed by atoms with Crippen molar-refractivity contribution in [2.75, 3.05) is 32.0 Å². The predicted octanol–water partition coefficient (Wildman–Crippen LogP) is 1.98. The maximum Gasteiger partial charge on any atom is 0.238 e. The average molecular weight is 297 g/mol. The zero-order chi connectivity index (χ0) is 15.2. The number of anilines is 1. The smallest absolute Gasteiger partial charge is 0.238 e. The molecule has 2 rings (SSSR count). The number of carbonyl (C=O) groups is 1. The van der Waals surface area contributed by atoms with E-state index in [1.807, 2.05) is 11.9 Å². The third kappa shape index (κ3) is 4.75. The van der Waals surface area contributed by atoms with Gasteiger partial charge in [0.05, 0.1) is 6.54 Å². The summed E-state index contributed by atoms with van der Waals surface area (Å²) in [5.74, 6) is -2.10. The molecule has 1 atom stereocenters. The van der Waals surface area contributed by atoms with E-state index in [9.17, 15) is 13.6 Å². The van der Waals surface area contributed by atoms with Crippen molar-refractivity contribution in [3.05, 3.63) is 29.8 Å². The average Bonchev–Trinajstić information content (AvgIpc) is 2.72. The summed E-state index contributed by atoms with van der Waals surface area (Å²) in [4.78, 5) is 14.0. The van der Waals surface area contributed by atoms with Gasteiger partial charge in [-0.05, 0) is 51.5 Å². The molecule has 0 radical (unpaired) electrons. The second-order valence-electron chi connectivity index (χ2n) is 5.43. The van der Waals surface area contributed by atoms with Gasteiger partial charge >= 0.3 is 0 Å². The molecular formula is C15H21F2N3O. The van der Waals surface area contributed by atoms with Crippen molar-refractivity contribution in [3.8, 4) is 0 Å². The molecule has 1 heterocycles. The largest absolute Gasteiger partial charge is 0.325 e. The van der Waals surface area contributed by atoms with E-state index < -0.39 is 11.6 Å². The molecule has 116 valence electrons. The quantitative estimate of drug-likeness (QED) is 0.893. The van der Waals surface area contributed by atoms with E-state index in [-0.39, 0.29) is 18.1 Å². The Morgan fingerprint density at radius 3 is 2.90 bits per heavy atom. The Labute approximate surface area is 123 Å². The molecule has 1 aromatic rings. The Hall–Kier alpha value is -1.53. The molecule has 1 aliphatic rings. The third-order valence-corrected chi connectivity index (χ3v) is 3.76. The van der Waals surface area contributed by atoms with Crippen LogP contribution < -0.4 is 10.6 Å². The second-order valence-corrected chi connectivity index (χ2v) is 5.43. The number of amides is 1. The number of hydrogen-bond acceptors (Lipinski definition) is 3. The van der Waals surface area contributed by atoms with E-state index in [2.05, 4.69) is 10.6 Å². The van der Waals surface area contributed by atoms with Gasteiger partial charge in [-0.2, -0.15) is 0 Å². The lowest BCUT2D eigenvalue weighted by Crippen LogP contribution is -2.38. The van der Waals surface area contributed by atoms with Gasteiger partial charge in [-0.25, -0.2) is 8.78 Å². The SMILES string of the molecule is CN(CC(=O)Nc1ccc(F)c(F)c1)C1CCCNCC1. The summed E-state index contributed by atoms with van der Waals surface area (Å²) in [5, 5.41) is 5.93. The van der Waals surface area contributed by atoms with Crippen LogP contribution in [0, 0.1) is 11.6 Å². The minimum Gasteiger partial charge on any atom is -0.325 e. The highest BCUT2D eigenvalue weighted by atomic mass is 19.2. The van der Waals surface area contributed by atoms with Gasteiger partial charge < -0.3 is 10.6 Å². The van der Waals surface area contributed by atoms with Crippen LogP contribution in [0.5, 0.6) is 0 Å². The highest BCUT2D eigenvalue weighted by Gasteiger charge is 2.19. The fourth-order valence-electron chi connectivity index (χ4n) is 2.57. The van der Waals surface area contributed by atoms with Crippen LogP contribution in [-0.4, -0.2) is 43.5 Å². The third-order valence-electron chi connectivity index (χ3n) is 3.76. The maximum atomic E-state index is 13.1. The van der Waals surface area contributed by atoms with E-state index in [0.717, 1.165) is 44.5 Å². The Morgan fingerprint density at radius 1 is 1.33 bits per heavy atom. The molecule has 4 nitrogen and oxygen atoms in total. The summed E-state index contributed by atoms with van der Waals surface area (Å²) < 4.78 is 25.9. The maximum absolute atomic E-state index is 13.1. The molecule has 2 N–H and O–H groups in total. The number of benzene rings is 1. The van der Waals surface area contributed by atoms with Gasteiger partial charge in [0.2, 0.25) is 5.91 Å². The van der Waals surface area contributed by atoms with Crippen LogP contribution in [0.15, 0.2) is 18.2 Å². The van der Waals surface area contributed by atoms with Crippen molar-refractivity contribution in [3.63, 3.8) is 0 Å². The van der Waals surface area contributed by atoms with Crippen LogP contribution in [0.3, 0.4) is 0 Å². The molecule has 0 spiro atoms. The van der Waals surface area contributed by atoms with Gasteiger partial charge in [-0.15, -0.1) is 0 Å². The molecule has 1 aromatic carbocycles. The number of nitrogens with zero attached hydrogens (tertiary/aromatic N) is 1. The van der Waals surface area contributed by atoms with E-state index in [1.165, 1.54) is 6.07 Å². The van der Waals surface area contributed by atoms with E-state index in [1.54, 1.807) is 0 Å². The summed E-state index contributed by atoms with van der Waals surface area (Å²) >= 11 is 0. The first-order valence-electron chi connectivity index (χ1n) is 7.22. The van der Waals surface area contributed by atoms with Crippen molar-refractivity contribution in [1.29, 1.82) is 0 Å². The summed E-state index contributed by atoms with van der Waals surface area (Å²) in [7, 11) is 1.92. The lowest BCUT2D eigenvalue weighted by atomic mass is 10.1. The van der Waals surface area contributed by atoms with Crippen LogP contribution in [0.25, 0.3) is 0 Å². The topological polar surface area (TPSA) is 44.4 Å². The van der Waals surface area contributed by atoms with Crippen LogP contribution in [0.2, 0.25) is 0 Å². The molecule has 1 aliphatic heterocycles. The highest BCUT2D eigenvalue weighted by molar-refractivity contribution is 5.92. The first kappa shape index (κ1) is 15.9. The van der Waals surface area contributed by atoms with E-state index in [4.69, 9.17) is 0 Å². The van der Waals surface area contributed by atoms with Gasteiger partial charge in [0.25, 0.3) is 0 Å². The fourth-order valence-corrected chi connectivity index (χ4v) is 2.57. The molecule has 1 amide bonds. The Kier molecular flexibility index (Phi) is 5.64. The van der Waals surface area contributed by atoms with Crippen LogP contribution >= 0.6 is 0 Å². The normalized spacial score (nSPS) is 19.3. The van der Waals surface area contributed by atoms with Gasteiger partial charge in [0, 0.05) is 17.8 Å². The van der Waals surface area contributed by atoms with Crippen molar-refractivity contribution >= 4 is 11.6 Å². The Morgan fingerprint density at radius 2 is 2.14 bits per heavy atom. The Bertz CT molecular complexity index is 488. The van der Waals surface area contributed by atoms with Gasteiger partial charge in [-0.3, -0.25) is 9.69 Å². The van der Waals surface area contributed by atoms with Gasteiger partial charge in [-0.1, -0.05) is 0 Å². The van der Waals surface area contributed by atoms with Gasteiger partial charge in [0.1, 0.15) is 0 Å². The number of carbonyl (C=O) groups excluding carboxylic acids is 1. The summed E-state index contributed by atoms with van der Waals surface area (Å²) in [6.07, 6.45) is 3.16. The standard InChI is InChI=1S/C15H21F2N3O/c1-20(12-3-2-7-18-8-6-12)10-15(21)19-11-4-5-13(16)14(17)9-11/h4-5,9,12,18H,2-3,6-8,10H2,1H3,(H,19,21).